The van der Waals surface area contributed by atoms with E-state index in [9.17, 15) is 8.42 Å². The van der Waals surface area contributed by atoms with Crippen LogP contribution in [0.25, 0.3) is 11.0 Å². The molecule has 0 saturated heterocycles. The molecule has 154 valence electrons. The van der Waals surface area contributed by atoms with Gasteiger partial charge in [-0.05, 0) is 63.2 Å². The first-order valence-electron chi connectivity index (χ1n) is 9.46. The predicted molar refractivity (Wildman–Crippen MR) is 117 cm³/mol. The lowest BCUT2D eigenvalue weighted by Gasteiger charge is -2.13. The number of imidazole rings is 1. The van der Waals surface area contributed by atoms with E-state index in [0.717, 1.165) is 22.5 Å². The van der Waals surface area contributed by atoms with Gasteiger partial charge in [0.15, 0.2) is 0 Å². The number of aromatic nitrogens is 4. The molecule has 1 unspecified atom stereocenters. The Kier molecular flexibility index (Phi) is 5.13. The first-order chi connectivity index (χ1) is 14.3. The number of nitrogens with zero attached hydrogens (tertiary/aromatic N) is 3. The lowest BCUT2D eigenvalue weighted by Crippen LogP contribution is -2.16. The van der Waals surface area contributed by atoms with Crippen molar-refractivity contribution >= 4 is 32.7 Å². The largest absolute Gasteiger partial charge is 0.375 e. The third kappa shape index (κ3) is 4.25. The molecule has 9 heteroatoms. The second-order valence-electron chi connectivity index (χ2n) is 7.11. The van der Waals surface area contributed by atoms with Crippen molar-refractivity contribution in [1.82, 2.24) is 19.9 Å². The number of aryl methyl sites for hydroxylation is 2. The molecule has 0 amide bonds. The quantitative estimate of drug-likeness (QED) is 0.434. The lowest BCUT2D eigenvalue weighted by molar-refractivity contribution is 0.601. The Hall–Kier alpha value is -3.46. The standard InChI is InChI=1S/C21H22N6O2S/c1-13-12-14(2)23-21(22-13)27-30(28,29)17-10-8-16(9-11-17)24-15(3)20-25-18-6-4-5-7-19(18)26-20/h4-12,15,24H,1-3H3,(H,25,26)(H,22,23,27). The first-order valence-corrected chi connectivity index (χ1v) is 10.9. The van der Waals surface area contributed by atoms with E-state index in [1.54, 1.807) is 44.2 Å². The minimum absolute atomic E-state index is 0.0632. The lowest BCUT2D eigenvalue weighted by atomic mass is 10.2. The number of aromatic amines is 1. The number of nitrogens with one attached hydrogen (secondary N) is 3. The summed E-state index contributed by atoms with van der Waals surface area (Å²) in [6.45, 7) is 5.56. The Morgan fingerprint density at radius 3 is 2.27 bits per heavy atom. The van der Waals surface area contributed by atoms with Crippen molar-refractivity contribution in [2.45, 2.75) is 31.7 Å². The third-order valence-corrected chi connectivity index (χ3v) is 5.92. The Morgan fingerprint density at radius 1 is 0.933 bits per heavy atom. The van der Waals surface area contributed by atoms with Crippen LogP contribution in [-0.4, -0.2) is 28.4 Å². The van der Waals surface area contributed by atoms with E-state index in [1.807, 2.05) is 31.2 Å². The summed E-state index contributed by atoms with van der Waals surface area (Å²) in [5.41, 5.74) is 4.05. The van der Waals surface area contributed by atoms with Gasteiger partial charge in [-0.2, -0.15) is 0 Å². The molecule has 0 fully saturated rings. The van der Waals surface area contributed by atoms with Crippen molar-refractivity contribution in [1.29, 1.82) is 0 Å². The van der Waals surface area contributed by atoms with E-state index in [-0.39, 0.29) is 16.9 Å². The van der Waals surface area contributed by atoms with Gasteiger partial charge in [0.25, 0.3) is 10.0 Å². The van der Waals surface area contributed by atoms with Crippen LogP contribution in [0.3, 0.4) is 0 Å². The summed E-state index contributed by atoms with van der Waals surface area (Å²) in [4.78, 5) is 16.3. The first kappa shape index (κ1) is 19.8. The molecule has 8 nitrogen and oxygen atoms in total. The maximum absolute atomic E-state index is 12.7. The zero-order chi connectivity index (χ0) is 21.3. The summed E-state index contributed by atoms with van der Waals surface area (Å²) >= 11 is 0. The fourth-order valence-electron chi connectivity index (χ4n) is 3.18. The van der Waals surface area contributed by atoms with Crippen LogP contribution in [0.4, 0.5) is 11.6 Å². The van der Waals surface area contributed by atoms with Gasteiger partial charge >= 0.3 is 0 Å². The number of fused-ring (bicyclic) bond motifs is 1. The van der Waals surface area contributed by atoms with Crippen LogP contribution in [-0.2, 0) is 10.0 Å². The molecule has 1 atom stereocenters. The van der Waals surface area contributed by atoms with Crippen molar-refractivity contribution in [3.8, 4) is 0 Å². The van der Waals surface area contributed by atoms with Gasteiger partial charge in [-0.15, -0.1) is 0 Å². The average molecular weight is 423 g/mol. The maximum Gasteiger partial charge on any atom is 0.264 e. The van der Waals surface area contributed by atoms with Crippen LogP contribution in [0.15, 0.2) is 59.5 Å². The van der Waals surface area contributed by atoms with Crippen LogP contribution >= 0.6 is 0 Å². The number of rotatable bonds is 6. The van der Waals surface area contributed by atoms with Crippen molar-refractivity contribution in [3.63, 3.8) is 0 Å². The maximum atomic E-state index is 12.7. The molecule has 0 aliphatic carbocycles. The molecule has 0 aliphatic heterocycles. The number of hydrogen-bond donors (Lipinski definition) is 3. The third-order valence-electron chi connectivity index (χ3n) is 4.57. The minimum Gasteiger partial charge on any atom is -0.375 e. The molecule has 0 saturated carbocycles. The van der Waals surface area contributed by atoms with Crippen LogP contribution in [0.1, 0.15) is 30.2 Å². The molecular formula is C21H22N6O2S. The molecule has 2 aromatic carbocycles. The van der Waals surface area contributed by atoms with Gasteiger partial charge in [-0.1, -0.05) is 12.1 Å². The number of anilines is 2. The number of para-hydroxylation sites is 2. The van der Waals surface area contributed by atoms with Crippen molar-refractivity contribution in [3.05, 3.63) is 71.8 Å². The van der Waals surface area contributed by atoms with Gasteiger partial charge in [0, 0.05) is 17.1 Å². The number of sulfonamides is 1. The van der Waals surface area contributed by atoms with Crippen molar-refractivity contribution < 1.29 is 8.42 Å². The second kappa shape index (κ2) is 7.75. The molecule has 0 radical (unpaired) electrons. The van der Waals surface area contributed by atoms with Crippen LogP contribution in [0.5, 0.6) is 0 Å². The van der Waals surface area contributed by atoms with Gasteiger partial charge in [0.05, 0.1) is 22.0 Å². The molecule has 4 rings (SSSR count). The van der Waals surface area contributed by atoms with E-state index in [0.29, 0.717) is 11.4 Å². The van der Waals surface area contributed by atoms with E-state index >= 15 is 0 Å². The molecule has 0 bridgehead atoms. The fourth-order valence-corrected chi connectivity index (χ4v) is 4.12. The zero-order valence-electron chi connectivity index (χ0n) is 16.8. The highest BCUT2D eigenvalue weighted by Gasteiger charge is 2.17. The number of benzene rings is 2. The van der Waals surface area contributed by atoms with Crippen LogP contribution in [0, 0.1) is 13.8 Å². The molecule has 4 aromatic rings. The van der Waals surface area contributed by atoms with Crippen LogP contribution in [0.2, 0.25) is 0 Å². The van der Waals surface area contributed by atoms with Crippen LogP contribution < -0.4 is 10.0 Å². The van der Waals surface area contributed by atoms with Gasteiger partial charge in [0.1, 0.15) is 5.82 Å². The van der Waals surface area contributed by atoms with Crippen molar-refractivity contribution in [2.75, 3.05) is 10.0 Å². The molecule has 2 aromatic heterocycles. The van der Waals surface area contributed by atoms with Gasteiger partial charge < -0.3 is 10.3 Å². The van der Waals surface area contributed by atoms with E-state index in [2.05, 4.69) is 30.0 Å². The Labute approximate surface area is 174 Å². The Balaban J connectivity index is 1.48. The topological polar surface area (TPSA) is 113 Å². The Morgan fingerprint density at radius 2 is 1.60 bits per heavy atom. The predicted octanol–water partition coefficient (Wildman–Crippen LogP) is 3.94. The fraction of sp³-hybridized carbons (Fsp3) is 0.190. The van der Waals surface area contributed by atoms with Gasteiger partial charge in [0.2, 0.25) is 5.95 Å². The molecule has 2 heterocycles. The number of H-pyrrole nitrogens is 1. The smallest absolute Gasteiger partial charge is 0.264 e. The van der Waals surface area contributed by atoms with E-state index in [1.165, 1.54) is 0 Å². The summed E-state index contributed by atoms with van der Waals surface area (Å²) < 4.78 is 27.7. The normalized spacial score (nSPS) is 12.6. The molecule has 3 N–H and O–H groups in total. The molecule has 0 aliphatic rings. The summed E-state index contributed by atoms with van der Waals surface area (Å²) in [5, 5.41) is 3.33. The molecular weight excluding hydrogens is 400 g/mol. The summed E-state index contributed by atoms with van der Waals surface area (Å²) in [7, 11) is -3.78. The van der Waals surface area contributed by atoms with E-state index < -0.39 is 10.0 Å². The Bertz CT molecular complexity index is 1250. The number of hydrogen-bond acceptors (Lipinski definition) is 6. The average Bonchev–Trinajstić information content (AvgIpc) is 3.11. The van der Waals surface area contributed by atoms with Crippen molar-refractivity contribution in [2.24, 2.45) is 0 Å². The van der Waals surface area contributed by atoms with Gasteiger partial charge in [-0.3, -0.25) is 0 Å². The minimum atomic E-state index is -3.78. The highest BCUT2D eigenvalue weighted by Crippen LogP contribution is 2.22. The summed E-state index contributed by atoms with van der Waals surface area (Å²) in [5.74, 6) is 0.870. The highest BCUT2D eigenvalue weighted by atomic mass is 32.2. The summed E-state index contributed by atoms with van der Waals surface area (Å²) in [6.07, 6.45) is 0. The van der Waals surface area contributed by atoms with Gasteiger partial charge in [-0.25, -0.2) is 28.1 Å². The second-order valence-corrected chi connectivity index (χ2v) is 8.79. The molecule has 30 heavy (non-hydrogen) atoms. The molecule has 0 spiro atoms. The zero-order valence-corrected chi connectivity index (χ0v) is 17.7. The summed E-state index contributed by atoms with van der Waals surface area (Å²) in [6, 6.07) is 16.0. The van der Waals surface area contributed by atoms with E-state index in [4.69, 9.17) is 0 Å². The monoisotopic (exact) mass is 422 g/mol. The highest BCUT2D eigenvalue weighted by molar-refractivity contribution is 7.92. The SMILES string of the molecule is Cc1cc(C)nc(NS(=O)(=O)c2ccc(NC(C)c3nc4ccccc4[nH]3)cc2)n1.